The first-order valence-corrected chi connectivity index (χ1v) is 8.16. The molecule has 3 rings (SSSR count). The average Bonchev–Trinajstić information content (AvgIpc) is 3.15. The number of hydrogen-bond donors (Lipinski definition) is 2. The first-order valence-electron chi connectivity index (χ1n) is 8.16. The molecule has 1 heterocycles. The number of nitrogens with one attached hydrogen (secondary N) is 2. The Morgan fingerprint density at radius 2 is 1.77 bits per heavy atom. The SMILES string of the molecule is Cc1ccc(C(=O)NCC(=O)Nc2ccc(Cn3cncn3)cc2)cc1. The fourth-order valence-corrected chi connectivity index (χ4v) is 2.37. The lowest BCUT2D eigenvalue weighted by atomic mass is 10.1. The molecule has 0 fully saturated rings. The van der Waals surface area contributed by atoms with E-state index in [-0.39, 0.29) is 18.4 Å². The van der Waals surface area contributed by atoms with Gasteiger partial charge in [0.1, 0.15) is 12.7 Å². The van der Waals surface area contributed by atoms with Crippen molar-refractivity contribution < 1.29 is 9.59 Å². The summed E-state index contributed by atoms with van der Waals surface area (Å²) in [5, 5.41) is 9.41. The van der Waals surface area contributed by atoms with E-state index in [0.29, 0.717) is 17.8 Å². The highest BCUT2D eigenvalue weighted by atomic mass is 16.2. The average molecular weight is 349 g/mol. The standard InChI is InChI=1S/C19H19N5O2/c1-14-2-6-16(7-3-14)19(26)21-10-18(25)23-17-8-4-15(5-9-17)11-24-13-20-12-22-24/h2-9,12-13H,10-11H2,1H3,(H,21,26)(H,23,25). The number of aryl methyl sites for hydroxylation is 1. The van der Waals surface area contributed by atoms with Crippen LogP contribution < -0.4 is 10.6 Å². The lowest BCUT2D eigenvalue weighted by Crippen LogP contribution is -2.32. The molecule has 0 aliphatic carbocycles. The van der Waals surface area contributed by atoms with Gasteiger partial charge >= 0.3 is 0 Å². The first-order chi connectivity index (χ1) is 12.6. The van der Waals surface area contributed by atoms with Crippen LogP contribution in [0.4, 0.5) is 5.69 Å². The molecule has 132 valence electrons. The van der Waals surface area contributed by atoms with Gasteiger partial charge < -0.3 is 10.6 Å². The summed E-state index contributed by atoms with van der Waals surface area (Å²) in [5.41, 5.74) is 3.32. The molecule has 0 saturated carbocycles. The number of benzene rings is 2. The van der Waals surface area contributed by atoms with Crippen LogP contribution in [0.15, 0.2) is 61.2 Å². The minimum atomic E-state index is -0.283. The molecule has 3 aromatic rings. The van der Waals surface area contributed by atoms with Gasteiger partial charge in [-0.05, 0) is 36.8 Å². The highest BCUT2D eigenvalue weighted by Crippen LogP contribution is 2.10. The quantitative estimate of drug-likeness (QED) is 0.712. The molecule has 0 spiro atoms. The van der Waals surface area contributed by atoms with Gasteiger partial charge in [0.2, 0.25) is 5.91 Å². The van der Waals surface area contributed by atoms with Gasteiger partial charge in [-0.25, -0.2) is 9.67 Å². The van der Waals surface area contributed by atoms with Crippen LogP contribution in [0.1, 0.15) is 21.5 Å². The van der Waals surface area contributed by atoms with E-state index in [2.05, 4.69) is 20.7 Å². The second kappa shape index (κ2) is 8.06. The third-order valence-corrected chi connectivity index (χ3v) is 3.77. The Morgan fingerprint density at radius 1 is 1.04 bits per heavy atom. The molecular weight excluding hydrogens is 330 g/mol. The minimum absolute atomic E-state index is 0.0899. The van der Waals surface area contributed by atoms with E-state index in [9.17, 15) is 9.59 Å². The van der Waals surface area contributed by atoms with Crippen molar-refractivity contribution in [2.45, 2.75) is 13.5 Å². The molecule has 2 aromatic carbocycles. The normalized spacial score (nSPS) is 10.3. The summed E-state index contributed by atoms with van der Waals surface area (Å²) in [7, 11) is 0. The molecule has 0 bridgehead atoms. The molecule has 0 radical (unpaired) electrons. The summed E-state index contributed by atoms with van der Waals surface area (Å²) >= 11 is 0. The Morgan fingerprint density at radius 3 is 2.42 bits per heavy atom. The molecule has 7 heteroatoms. The van der Waals surface area contributed by atoms with Gasteiger partial charge in [-0.15, -0.1) is 0 Å². The molecule has 0 aliphatic rings. The fourth-order valence-electron chi connectivity index (χ4n) is 2.37. The Labute approximate surface area is 151 Å². The van der Waals surface area contributed by atoms with Gasteiger partial charge in [0, 0.05) is 11.3 Å². The highest BCUT2D eigenvalue weighted by molar-refractivity contribution is 5.99. The number of aromatic nitrogens is 3. The van der Waals surface area contributed by atoms with E-state index < -0.39 is 0 Å². The van der Waals surface area contributed by atoms with Crippen molar-refractivity contribution in [1.29, 1.82) is 0 Å². The number of hydrogen-bond acceptors (Lipinski definition) is 4. The van der Waals surface area contributed by atoms with Crippen molar-refractivity contribution in [1.82, 2.24) is 20.1 Å². The lowest BCUT2D eigenvalue weighted by molar-refractivity contribution is -0.115. The molecule has 0 saturated heterocycles. The number of carbonyl (C=O) groups is 2. The summed E-state index contributed by atoms with van der Waals surface area (Å²) in [6.45, 7) is 2.47. The van der Waals surface area contributed by atoms with Crippen LogP contribution in [0.5, 0.6) is 0 Å². The van der Waals surface area contributed by atoms with Crippen LogP contribution in [0.3, 0.4) is 0 Å². The zero-order valence-corrected chi connectivity index (χ0v) is 14.3. The number of anilines is 1. The summed E-state index contributed by atoms with van der Waals surface area (Å²) < 4.78 is 1.72. The van der Waals surface area contributed by atoms with Crippen LogP contribution in [0.2, 0.25) is 0 Å². The predicted molar refractivity (Wildman–Crippen MR) is 97.7 cm³/mol. The van der Waals surface area contributed by atoms with Crippen molar-refractivity contribution in [2.24, 2.45) is 0 Å². The van der Waals surface area contributed by atoms with Gasteiger partial charge in [-0.2, -0.15) is 5.10 Å². The molecule has 0 aliphatic heterocycles. The van der Waals surface area contributed by atoms with Gasteiger partial charge in [-0.3, -0.25) is 9.59 Å². The van der Waals surface area contributed by atoms with Gasteiger partial charge in [0.15, 0.2) is 0 Å². The maximum atomic E-state index is 12.0. The largest absolute Gasteiger partial charge is 0.343 e. The van der Waals surface area contributed by atoms with E-state index in [0.717, 1.165) is 11.1 Å². The van der Waals surface area contributed by atoms with Crippen LogP contribution >= 0.6 is 0 Å². The fraction of sp³-hybridized carbons (Fsp3) is 0.158. The topological polar surface area (TPSA) is 88.9 Å². The Hall–Kier alpha value is -3.48. The molecule has 2 amide bonds. The monoisotopic (exact) mass is 349 g/mol. The highest BCUT2D eigenvalue weighted by Gasteiger charge is 2.08. The summed E-state index contributed by atoms with van der Waals surface area (Å²) in [6, 6.07) is 14.6. The number of nitrogens with zero attached hydrogens (tertiary/aromatic N) is 3. The van der Waals surface area contributed by atoms with Gasteiger partial charge in [0.05, 0.1) is 13.1 Å². The third kappa shape index (κ3) is 4.76. The number of rotatable bonds is 6. The van der Waals surface area contributed by atoms with Crippen LogP contribution in [-0.4, -0.2) is 33.1 Å². The Balaban J connectivity index is 1.48. The van der Waals surface area contributed by atoms with Crippen molar-refractivity contribution in [3.8, 4) is 0 Å². The van der Waals surface area contributed by atoms with Crippen molar-refractivity contribution in [3.63, 3.8) is 0 Å². The zero-order valence-electron chi connectivity index (χ0n) is 14.3. The lowest BCUT2D eigenvalue weighted by Gasteiger charge is -2.08. The van der Waals surface area contributed by atoms with Crippen LogP contribution in [-0.2, 0) is 11.3 Å². The Kier molecular flexibility index (Phi) is 5.38. The van der Waals surface area contributed by atoms with Crippen molar-refractivity contribution in [3.05, 3.63) is 77.9 Å². The minimum Gasteiger partial charge on any atom is -0.343 e. The molecule has 26 heavy (non-hydrogen) atoms. The number of amides is 2. The molecule has 0 atom stereocenters. The molecule has 7 nitrogen and oxygen atoms in total. The summed E-state index contributed by atoms with van der Waals surface area (Å²) in [4.78, 5) is 27.9. The maximum absolute atomic E-state index is 12.0. The van der Waals surface area contributed by atoms with Crippen LogP contribution in [0, 0.1) is 6.92 Å². The van der Waals surface area contributed by atoms with E-state index in [1.54, 1.807) is 23.1 Å². The molecular formula is C19H19N5O2. The van der Waals surface area contributed by atoms with Crippen molar-refractivity contribution >= 4 is 17.5 Å². The maximum Gasteiger partial charge on any atom is 0.251 e. The first kappa shape index (κ1) is 17.3. The second-order valence-corrected chi connectivity index (χ2v) is 5.89. The van der Waals surface area contributed by atoms with E-state index in [1.165, 1.54) is 6.33 Å². The van der Waals surface area contributed by atoms with E-state index >= 15 is 0 Å². The predicted octanol–water partition coefficient (Wildman–Crippen LogP) is 2.00. The summed E-state index contributed by atoms with van der Waals surface area (Å²) in [6.07, 6.45) is 3.13. The molecule has 1 aromatic heterocycles. The zero-order chi connectivity index (χ0) is 18.4. The third-order valence-electron chi connectivity index (χ3n) is 3.77. The van der Waals surface area contributed by atoms with Gasteiger partial charge in [0.25, 0.3) is 5.91 Å². The number of carbonyl (C=O) groups excluding carboxylic acids is 2. The van der Waals surface area contributed by atoms with Crippen LogP contribution in [0.25, 0.3) is 0 Å². The molecule has 2 N–H and O–H groups in total. The van der Waals surface area contributed by atoms with E-state index in [1.807, 2.05) is 43.3 Å². The summed E-state index contributed by atoms with van der Waals surface area (Å²) in [5.74, 6) is -0.558. The Bertz CT molecular complexity index is 871. The second-order valence-electron chi connectivity index (χ2n) is 5.89. The van der Waals surface area contributed by atoms with E-state index in [4.69, 9.17) is 0 Å². The smallest absolute Gasteiger partial charge is 0.251 e. The molecule has 0 unspecified atom stereocenters. The van der Waals surface area contributed by atoms with Crippen molar-refractivity contribution in [2.75, 3.05) is 11.9 Å². The van der Waals surface area contributed by atoms with Gasteiger partial charge in [-0.1, -0.05) is 29.8 Å².